The molecule has 1 heterocycles. The third-order valence-electron chi connectivity index (χ3n) is 3.92. The number of amides is 1. The molecule has 9 nitrogen and oxygen atoms in total. The third-order valence-corrected chi connectivity index (χ3v) is 4.90. The highest BCUT2D eigenvalue weighted by atomic mass is 79.9. The van der Waals surface area contributed by atoms with E-state index in [-0.39, 0.29) is 12.3 Å². The van der Waals surface area contributed by atoms with Gasteiger partial charge in [0.1, 0.15) is 10.9 Å². The predicted molar refractivity (Wildman–Crippen MR) is 115 cm³/mol. The molecular weight excluding hydrogens is 478 g/mol. The van der Waals surface area contributed by atoms with E-state index in [1.807, 2.05) is 30.3 Å². The first kappa shape index (κ1) is 21.5. The molecule has 0 saturated carbocycles. The zero-order valence-electron chi connectivity index (χ0n) is 15.6. The first-order valence-corrected chi connectivity index (χ1v) is 9.73. The number of para-hydroxylation sites is 1. The Morgan fingerprint density at radius 2 is 2.10 bits per heavy atom. The normalized spacial score (nSPS) is 10.9. The van der Waals surface area contributed by atoms with Crippen LogP contribution in [0.25, 0.3) is 5.69 Å². The summed E-state index contributed by atoms with van der Waals surface area (Å²) in [5.74, 6) is -0.219. The summed E-state index contributed by atoms with van der Waals surface area (Å²) in [6.45, 7) is 1.45. The van der Waals surface area contributed by atoms with Crippen LogP contribution in [-0.2, 0) is 4.79 Å². The van der Waals surface area contributed by atoms with Gasteiger partial charge < -0.3 is 4.74 Å². The van der Waals surface area contributed by atoms with Gasteiger partial charge in [-0.1, -0.05) is 29.8 Å². The fourth-order valence-corrected chi connectivity index (χ4v) is 3.26. The Morgan fingerprint density at radius 1 is 1.37 bits per heavy atom. The smallest absolute Gasteiger partial charge is 0.277 e. The highest BCUT2D eigenvalue weighted by Gasteiger charge is 2.14. The second kappa shape index (κ2) is 9.51. The number of hydrogen-bond acceptors (Lipinski definition) is 6. The van der Waals surface area contributed by atoms with Crippen molar-refractivity contribution in [2.24, 2.45) is 5.10 Å². The molecule has 0 aliphatic carbocycles. The number of nitrogens with zero attached hydrogens (tertiary/aromatic N) is 4. The Bertz CT molecular complexity index is 1120. The van der Waals surface area contributed by atoms with Gasteiger partial charge in [-0.05, 0) is 41.1 Å². The van der Waals surface area contributed by atoms with Crippen molar-refractivity contribution < 1.29 is 14.5 Å². The van der Waals surface area contributed by atoms with Gasteiger partial charge in [-0.2, -0.15) is 10.2 Å². The SMILES string of the molecule is Cc1nn(-c2ccccc2)c(Cl)c1/C=N/NC(=O)COc1ccc([N+](=O)[O-])cc1Br. The molecule has 0 aliphatic heterocycles. The van der Waals surface area contributed by atoms with E-state index in [0.717, 1.165) is 5.69 Å². The van der Waals surface area contributed by atoms with Gasteiger partial charge in [-0.3, -0.25) is 14.9 Å². The zero-order valence-corrected chi connectivity index (χ0v) is 17.9. The van der Waals surface area contributed by atoms with Crippen molar-refractivity contribution in [2.45, 2.75) is 6.92 Å². The summed E-state index contributed by atoms with van der Waals surface area (Å²) in [5.41, 5.74) is 4.27. The number of ether oxygens (including phenoxy) is 1. The molecule has 11 heteroatoms. The van der Waals surface area contributed by atoms with Gasteiger partial charge in [-0.15, -0.1) is 0 Å². The molecule has 0 bridgehead atoms. The van der Waals surface area contributed by atoms with Gasteiger partial charge in [0.05, 0.1) is 32.6 Å². The van der Waals surface area contributed by atoms with Gasteiger partial charge >= 0.3 is 0 Å². The average molecular weight is 493 g/mol. The van der Waals surface area contributed by atoms with Gasteiger partial charge in [0.25, 0.3) is 11.6 Å². The average Bonchev–Trinajstić information content (AvgIpc) is 3.01. The summed E-state index contributed by atoms with van der Waals surface area (Å²) in [5, 5.41) is 19.4. The quantitative estimate of drug-likeness (QED) is 0.304. The molecule has 2 aromatic carbocycles. The highest BCUT2D eigenvalue weighted by molar-refractivity contribution is 9.10. The molecule has 3 aromatic rings. The third kappa shape index (κ3) is 5.02. The second-order valence-electron chi connectivity index (χ2n) is 5.99. The summed E-state index contributed by atoms with van der Waals surface area (Å²) < 4.78 is 7.29. The first-order chi connectivity index (χ1) is 14.4. The number of carbonyl (C=O) groups is 1. The zero-order chi connectivity index (χ0) is 21.7. The van der Waals surface area contributed by atoms with Gasteiger partial charge in [0.15, 0.2) is 6.61 Å². The van der Waals surface area contributed by atoms with Crippen molar-refractivity contribution >= 4 is 45.3 Å². The van der Waals surface area contributed by atoms with Gasteiger partial charge in [-0.25, -0.2) is 10.1 Å². The summed E-state index contributed by atoms with van der Waals surface area (Å²) >= 11 is 9.56. The molecule has 0 aliphatic rings. The van der Waals surface area contributed by atoms with Crippen molar-refractivity contribution in [1.29, 1.82) is 0 Å². The van der Waals surface area contributed by atoms with Crippen LogP contribution in [0.15, 0.2) is 58.1 Å². The maximum Gasteiger partial charge on any atom is 0.277 e. The van der Waals surface area contributed by atoms with E-state index >= 15 is 0 Å². The van der Waals surface area contributed by atoms with E-state index in [1.165, 1.54) is 24.4 Å². The van der Waals surface area contributed by atoms with E-state index in [4.69, 9.17) is 16.3 Å². The molecule has 1 amide bonds. The number of nitro benzene ring substituents is 1. The Labute approximate surface area is 184 Å². The monoisotopic (exact) mass is 491 g/mol. The summed E-state index contributed by atoms with van der Waals surface area (Å²) in [7, 11) is 0. The van der Waals surface area contributed by atoms with Crippen molar-refractivity contribution in [3.63, 3.8) is 0 Å². The summed E-state index contributed by atoms with van der Waals surface area (Å²) in [6.07, 6.45) is 1.41. The lowest BCUT2D eigenvalue weighted by molar-refractivity contribution is -0.384. The van der Waals surface area contributed by atoms with Crippen LogP contribution in [0.4, 0.5) is 5.69 Å². The van der Waals surface area contributed by atoms with Crippen LogP contribution in [0, 0.1) is 17.0 Å². The van der Waals surface area contributed by atoms with Gasteiger partial charge in [0.2, 0.25) is 0 Å². The molecule has 0 radical (unpaired) electrons. The molecule has 3 rings (SSSR count). The number of non-ortho nitro benzene ring substituents is 1. The number of aryl methyl sites for hydroxylation is 1. The first-order valence-electron chi connectivity index (χ1n) is 8.56. The molecule has 0 atom stereocenters. The van der Waals surface area contributed by atoms with E-state index in [2.05, 4.69) is 31.6 Å². The number of nitro groups is 1. The van der Waals surface area contributed by atoms with Crippen molar-refractivity contribution in [3.8, 4) is 11.4 Å². The standard InChI is InChI=1S/C19H15BrClN5O4/c1-12-15(19(21)25(24-12)13-5-3-2-4-6-13)10-22-23-18(27)11-30-17-8-7-14(26(28)29)9-16(17)20/h2-10H,11H2,1H3,(H,23,27)/b22-10+. The number of rotatable bonds is 7. The largest absolute Gasteiger partial charge is 0.483 e. The minimum absolute atomic E-state index is 0.0911. The second-order valence-corrected chi connectivity index (χ2v) is 7.20. The van der Waals surface area contributed by atoms with Crippen LogP contribution in [0.3, 0.4) is 0 Å². The Balaban J connectivity index is 1.60. The van der Waals surface area contributed by atoms with E-state index in [0.29, 0.717) is 26.6 Å². The molecule has 1 N–H and O–H groups in total. The van der Waals surface area contributed by atoms with Crippen LogP contribution in [-0.4, -0.2) is 33.4 Å². The van der Waals surface area contributed by atoms with Crippen LogP contribution in [0.5, 0.6) is 5.75 Å². The lowest BCUT2D eigenvalue weighted by Crippen LogP contribution is -2.24. The fraction of sp³-hybridized carbons (Fsp3) is 0.105. The number of halogens is 2. The lowest BCUT2D eigenvalue weighted by Gasteiger charge is -2.06. The number of hydrazone groups is 1. The van der Waals surface area contributed by atoms with Crippen LogP contribution >= 0.6 is 27.5 Å². The van der Waals surface area contributed by atoms with E-state index in [1.54, 1.807) is 11.6 Å². The number of benzene rings is 2. The van der Waals surface area contributed by atoms with Gasteiger partial charge in [0, 0.05) is 12.1 Å². The molecule has 30 heavy (non-hydrogen) atoms. The Morgan fingerprint density at radius 3 is 2.77 bits per heavy atom. The topological polar surface area (TPSA) is 112 Å². The Hall–Kier alpha value is -3.24. The Kier molecular flexibility index (Phi) is 6.80. The molecular formula is C19H15BrClN5O4. The summed E-state index contributed by atoms with van der Waals surface area (Å²) in [4.78, 5) is 22.2. The van der Waals surface area contributed by atoms with Crippen molar-refractivity contribution in [2.75, 3.05) is 6.61 Å². The number of carbonyl (C=O) groups excluding carboxylic acids is 1. The highest BCUT2D eigenvalue weighted by Crippen LogP contribution is 2.29. The van der Waals surface area contributed by atoms with Crippen molar-refractivity contribution in [3.05, 3.63) is 79.5 Å². The molecule has 0 unspecified atom stereocenters. The fourth-order valence-electron chi connectivity index (χ4n) is 2.46. The number of hydrogen-bond donors (Lipinski definition) is 1. The number of nitrogens with one attached hydrogen (secondary N) is 1. The van der Waals surface area contributed by atoms with Crippen LogP contribution in [0.2, 0.25) is 5.15 Å². The molecule has 0 spiro atoms. The lowest BCUT2D eigenvalue weighted by atomic mass is 10.3. The van der Waals surface area contributed by atoms with E-state index in [9.17, 15) is 14.9 Å². The minimum atomic E-state index is -0.525. The minimum Gasteiger partial charge on any atom is -0.483 e. The number of aromatic nitrogens is 2. The van der Waals surface area contributed by atoms with Crippen LogP contribution < -0.4 is 10.2 Å². The molecule has 0 fully saturated rings. The maximum absolute atomic E-state index is 12.0. The molecule has 1 aromatic heterocycles. The summed E-state index contributed by atoms with van der Waals surface area (Å²) in [6, 6.07) is 13.4. The van der Waals surface area contributed by atoms with Crippen LogP contribution in [0.1, 0.15) is 11.3 Å². The predicted octanol–water partition coefficient (Wildman–Crippen LogP) is 4.03. The molecule has 0 saturated heterocycles. The van der Waals surface area contributed by atoms with E-state index < -0.39 is 10.8 Å². The molecule has 154 valence electrons. The van der Waals surface area contributed by atoms with Crippen molar-refractivity contribution in [1.82, 2.24) is 15.2 Å². The maximum atomic E-state index is 12.0.